The van der Waals surface area contributed by atoms with Crippen molar-refractivity contribution in [3.05, 3.63) is 22.9 Å². The van der Waals surface area contributed by atoms with E-state index < -0.39 is 0 Å². The van der Waals surface area contributed by atoms with Gasteiger partial charge in [-0.05, 0) is 61.4 Å². The zero-order valence-electron chi connectivity index (χ0n) is 13.0. The Morgan fingerprint density at radius 2 is 2.14 bits per heavy atom. The van der Waals surface area contributed by atoms with Gasteiger partial charge in [-0.25, -0.2) is 9.50 Å². The quantitative estimate of drug-likeness (QED) is 0.789. The van der Waals surface area contributed by atoms with E-state index in [9.17, 15) is 0 Å². The van der Waals surface area contributed by atoms with Crippen LogP contribution in [0.15, 0.2) is 22.9 Å². The molecule has 0 aliphatic heterocycles. The minimum Gasteiger partial charge on any atom is -0.368 e. The Labute approximate surface area is 134 Å². The van der Waals surface area contributed by atoms with E-state index in [0.717, 1.165) is 35.4 Å². The molecule has 0 aliphatic carbocycles. The Morgan fingerprint density at radius 3 is 2.86 bits per heavy atom. The van der Waals surface area contributed by atoms with Crippen LogP contribution >= 0.6 is 15.9 Å². The highest BCUT2D eigenvalue weighted by molar-refractivity contribution is 9.10. The lowest BCUT2D eigenvalue weighted by atomic mass is 10.1. The normalized spacial score (nSPS) is 13.0. The van der Waals surface area contributed by atoms with Crippen molar-refractivity contribution in [3.63, 3.8) is 0 Å². The number of nitrogens with one attached hydrogen (secondary N) is 1. The molecule has 5 nitrogen and oxygen atoms in total. The number of anilines is 1. The number of hydrogen-bond acceptors (Lipinski definition) is 4. The number of nitrogens with zero attached hydrogens (tertiary/aromatic N) is 4. The molecule has 6 heteroatoms. The molecule has 0 amide bonds. The first-order valence-electron chi connectivity index (χ1n) is 7.62. The van der Waals surface area contributed by atoms with Crippen LogP contribution in [-0.4, -0.2) is 45.2 Å². The van der Waals surface area contributed by atoms with Crippen LogP contribution in [0.25, 0.3) is 5.65 Å². The highest BCUT2D eigenvalue weighted by Crippen LogP contribution is 2.17. The molecule has 0 fully saturated rings. The summed E-state index contributed by atoms with van der Waals surface area (Å²) in [6.45, 7) is 10.1. The van der Waals surface area contributed by atoms with Gasteiger partial charge in [-0.1, -0.05) is 13.8 Å². The highest BCUT2D eigenvalue weighted by Gasteiger charge is 2.07. The first-order valence-corrected chi connectivity index (χ1v) is 8.42. The summed E-state index contributed by atoms with van der Waals surface area (Å²) in [4.78, 5) is 7.04. The van der Waals surface area contributed by atoms with Gasteiger partial charge in [-0.3, -0.25) is 0 Å². The standard InChI is InChI=1S/C15H24BrN5/c1-4-20(5-2)9-6-7-12(3)18-14-8-10-21-15(19-14)13(16)11-17-21/h8,10-12H,4-7,9H2,1-3H3,(H,18,19). The maximum Gasteiger partial charge on any atom is 0.171 e. The van der Waals surface area contributed by atoms with E-state index in [1.165, 1.54) is 13.0 Å². The molecule has 21 heavy (non-hydrogen) atoms. The topological polar surface area (TPSA) is 45.5 Å². The number of fused-ring (bicyclic) bond motifs is 1. The van der Waals surface area contributed by atoms with Crippen molar-refractivity contribution in [2.45, 2.75) is 39.7 Å². The van der Waals surface area contributed by atoms with Crippen LogP contribution in [-0.2, 0) is 0 Å². The van der Waals surface area contributed by atoms with E-state index in [-0.39, 0.29) is 0 Å². The average molecular weight is 354 g/mol. The average Bonchev–Trinajstić information content (AvgIpc) is 2.85. The van der Waals surface area contributed by atoms with E-state index in [1.807, 2.05) is 12.3 Å². The van der Waals surface area contributed by atoms with E-state index in [2.05, 4.69) is 57.0 Å². The molecule has 0 bridgehead atoms. The summed E-state index contributed by atoms with van der Waals surface area (Å²) in [5.74, 6) is 0.902. The van der Waals surface area contributed by atoms with Crippen LogP contribution in [0.1, 0.15) is 33.6 Å². The van der Waals surface area contributed by atoms with Crippen molar-refractivity contribution in [2.24, 2.45) is 0 Å². The Bertz CT molecular complexity index is 564. The summed E-state index contributed by atoms with van der Waals surface area (Å²) in [5, 5.41) is 7.67. The van der Waals surface area contributed by atoms with Crippen LogP contribution in [0, 0.1) is 0 Å². The first kappa shape index (κ1) is 16.2. The molecule has 1 atom stereocenters. The van der Waals surface area contributed by atoms with Gasteiger partial charge in [0.1, 0.15) is 5.82 Å². The van der Waals surface area contributed by atoms with E-state index in [4.69, 9.17) is 0 Å². The van der Waals surface area contributed by atoms with Crippen molar-refractivity contribution in [1.82, 2.24) is 19.5 Å². The molecule has 116 valence electrons. The zero-order chi connectivity index (χ0) is 15.2. The van der Waals surface area contributed by atoms with Crippen LogP contribution < -0.4 is 5.32 Å². The predicted molar refractivity (Wildman–Crippen MR) is 90.8 cm³/mol. The van der Waals surface area contributed by atoms with Crippen LogP contribution in [0.4, 0.5) is 5.82 Å². The number of halogens is 1. The Kier molecular flexibility index (Phi) is 5.99. The van der Waals surface area contributed by atoms with Crippen molar-refractivity contribution in [1.29, 1.82) is 0 Å². The molecule has 1 N–H and O–H groups in total. The molecule has 2 heterocycles. The molecule has 2 aromatic heterocycles. The molecule has 0 aromatic carbocycles. The third-order valence-corrected chi connectivity index (χ3v) is 4.29. The molecule has 2 rings (SSSR count). The summed E-state index contributed by atoms with van der Waals surface area (Å²) in [6.07, 6.45) is 6.04. The summed E-state index contributed by atoms with van der Waals surface area (Å²) in [7, 11) is 0. The third-order valence-electron chi connectivity index (χ3n) is 3.73. The zero-order valence-corrected chi connectivity index (χ0v) is 14.6. The van der Waals surface area contributed by atoms with Gasteiger partial charge < -0.3 is 10.2 Å². The van der Waals surface area contributed by atoms with Gasteiger partial charge in [-0.15, -0.1) is 0 Å². The lowest BCUT2D eigenvalue weighted by Crippen LogP contribution is -2.25. The van der Waals surface area contributed by atoms with Gasteiger partial charge in [-0.2, -0.15) is 5.10 Å². The molecule has 0 saturated carbocycles. The molecular weight excluding hydrogens is 330 g/mol. The van der Waals surface area contributed by atoms with Crippen molar-refractivity contribution in [2.75, 3.05) is 25.0 Å². The second-order valence-electron chi connectivity index (χ2n) is 5.29. The summed E-state index contributed by atoms with van der Waals surface area (Å²) in [5.41, 5.74) is 0.843. The fourth-order valence-corrected chi connectivity index (χ4v) is 2.77. The van der Waals surface area contributed by atoms with Crippen molar-refractivity contribution < 1.29 is 0 Å². The molecule has 2 aromatic rings. The number of rotatable bonds is 8. The Balaban J connectivity index is 1.86. The SMILES string of the molecule is CCN(CC)CCCC(C)Nc1ccn2ncc(Br)c2n1. The van der Waals surface area contributed by atoms with E-state index in [1.54, 1.807) is 10.7 Å². The fourth-order valence-electron chi connectivity index (χ4n) is 2.41. The van der Waals surface area contributed by atoms with Crippen molar-refractivity contribution in [3.8, 4) is 0 Å². The van der Waals surface area contributed by atoms with Gasteiger partial charge >= 0.3 is 0 Å². The molecular formula is C15H24BrN5. The number of aromatic nitrogens is 3. The molecule has 0 radical (unpaired) electrons. The number of hydrogen-bond donors (Lipinski definition) is 1. The van der Waals surface area contributed by atoms with Gasteiger partial charge in [0.25, 0.3) is 0 Å². The maximum atomic E-state index is 4.58. The summed E-state index contributed by atoms with van der Waals surface area (Å²) >= 11 is 3.46. The monoisotopic (exact) mass is 353 g/mol. The van der Waals surface area contributed by atoms with Crippen LogP contribution in [0.3, 0.4) is 0 Å². The lowest BCUT2D eigenvalue weighted by molar-refractivity contribution is 0.295. The summed E-state index contributed by atoms with van der Waals surface area (Å²) < 4.78 is 2.68. The molecule has 0 spiro atoms. The smallest absolute Gasteiger partial charge is 0.171 e. The van der Waals surface area contributed by atoms with Crippen molar-refractivity contribution >= 4 is 27.4 Å². The molecule has 1 unspecified atom stereocenters. The third kappa shape index (κ3) is 4.41. The largest absolute Gasteiger partial charge is 0.368 e. The van der Waals surface area contributed by atoms with Crippen LogP contribution in [0.2, 0.25) is 0 Å². The lowest BCUT2D eigenvalue weighted by Gasteiger charge is -2.20. The summed E-state index contributed by atoms with van der Waals surface area (Å²) in [6, 6.07) is 2.38. The Morgan fingerprint density at radius 1 is 1.38 bits per heavy atom. The van der Waals surface area contributed by atoms with Crippen LogP contribution in [0.5, 0.6) is 0 Å². The predicted octanol–water partition coefficient (Wildman–Crippen LogP) is 3.41. The first-order chi connectivity index (χ1) is 10.1. The van der Waals surface area contributed by atoms with Gasteiger partial charge in [0.15, 0.2) is 5.65 Å². The molecule has 0 aliphatic rings. The fraction of sp³-hybridized carbons (Fsp3) is 0.600. The maximum absolute atomic E-state index is 4.58. The highest BCUT2D eigenvalue weighted by atomic mass is 79.9. The van der Waals surface area contributed by atoms with Gasteiger partial charge in [0, 0.05) is 12.2 Å². The minimum atomic E-state index is 0.414. The second-order valence-corrected chi connectivity index (χ2v) is 6.14. The van der Waals surface area contributed by atoms with Gasteiger partial charge in [0.05, 0.1) is 10.7 Å². The second kappa shape index (κ2) is 7.75. The molecule has 0 saturated heterocycles. The minimum absolute atomic E-state index is 0.414. The van der Waals surface area contributed by atoms with E-state index in [0.29, 0.717) is 6.04 Å². The van der Waals surface area contributed by atoms with Gasteiger partial charge in [0.2, 0.25) is 0 Å². The van der Waals surface area contributed by atoms with E-state index >= 15 is 0 Å². The Hall–Kier alpha value is -1.14.